The number of rotatable bonds is 6. The summed E-state index contributed by atoms with van der Waals surface area (Å²) in [7, 11) is 0. The molecule has 4 nitrogen and oxygen atoms in total. The smallest absolute Gasteiger partial charge is 0.209 e. The molecule has 0 fully saturated rings. The Bertz CT molecular complexity index is 884. The van der Waals surface area contributed by atoms with E-state index in [2.05, 4.69) is 34.2 Å². The van der Waals surface area contributed by atoms with Crippen LogP contribution in [0.15, 0.2) is 47.6 Å². The van der Waals surface area contributed by atoms with Crippen molar-refractivity contribution in [1.29, 1.82) is 0 Å². The van der Waals surface area contributed by atoms with Crippen LogP contribution >= 0.6 is 11.8 Å². The van der Waals surface area contributed by atoms with Crippen molar-refractivity contribution >= 4 is 17.5 Å². The molecule has 0 amide bonds. The third kappa shape index (κ3) is 4.17. The first-order valence-corrected chi connectivity index (χ1v) is 9.30. The normalized spacial score (nSPS) is 10.8. The number of nitrogens with one attached hydrogen (secondary N) is 1. The summed E-state index contributed by atoms with van der Waals surface area (Å²) >= 11 is 1.36. The fraction of sp³-hybridized carbons (Fsp3) is 0.250. The Morgan fingerprint density at radius 3 is 2.56 bits per heavy atom. The monoisotopic (exact) mass is 351 g/mol. The first-order chi connectivity index (χ1) is 12.1. The third-order valence-electron chi connectivity index (χ3n) is 4.12. The molecule has 0 atom stereocenters. The molecule has 2 aromatic carbocycles. The molecule has 3 rings (SSSR count). The van der Waals surface area contributed by atoms with Crippen molar-refractivity contribution in [2.24, 2.45) is 0 Å². The highest BCUT2D eigenvalue weighted by atomic mass is 32.2. The summed E-state index contributed by atoms with van der Waals surface area (Å²) in [6.07, 6.45) is 1.01. The highest BCUT2D eigenvalue weighted by Crippen LogP contribution is 2.21. The van der Waals surface area contributed by atoms with E-state index in [1.165, 1.54) is 17.3 Å². The number of aromatic amines is 1. The minimum Gasteiger partial charge on any atom is -0.293 e. The van der Waals surface area contributed by atoms with Gasteiger partial charge in [0, 0.05) is 11.1 Å². The molecule has 1 heterocycles. The van der Waals surface area contributed by atoms with Gasteiger partial charge < -0.3 is 0 Å². The molecule has 5 heteroatoms. The van der Waals surface area contributed by atoms with Crippen LogP contribution in [0, 0.1) is 13.8 Å². The van der Waals surface area contributed by atoms with Crippen LogP contribution in [0.5, 0.6) is 0 Å². The highest BCUT2D eigenvalue weighted by Gasteiger charge is 2.12. The Balaban J connectivity index is 1.66. The number of hydrogen-bond acceptors (Lipinski definition) is 4. The van der Waals surface area contributed by atoms with E-state index in [1.54, 1.807) is 0 Å². The molecule has 0 saturated carbocycles. The molecular weight excluding hydrogens is 330 g/mol. The van der Waals surface area contributed by atoms with Gasteiger partial charge in [0.2, 0.25) is 5.16 Å². The van der Waals surface area contributed by atoms with Gasteiger partial charge in [-0.05, 0) is 31.4 Å². The first kappa shape index (κ1) is 17.4. The summed E-state index contributed by atoms with van der Waals surface area (Å²) in [6, 6.07) is 14.1. The zero-order valence-electron chi connectivity index (χ0n) is 14.7. The number of carbonyl (C=O) groups is 1. The molecule has 25 heavy (non-hydrogen) atoms. The number of aromatic nitrogens is 3. The number of H-pyrrole nitrogens is 1. The summed E-state index contributed by atoms with van der Waals surface area (Å²) < 4.78 is 0. The van der Waals surface area contributed by atoms with Gasteiger partial charge in [-0.3, -0.25) is 9.89 Å². The number of thioether (sulfide) groups is 1. The Morgan fingerprint density at radius 1 is 1.12 bits per heavy atom. The minimum absolute atomic E-state index is 0.0983. The second-order valence-corrected chi connectivity index (χ2v) is 6.99. The number of Topliss-reactive ketones (excluding diaryl/α,β-unsaturated/α-hetero) is 1. The van der Waals surface area contributed by atoms with Crippen LogP contribution in [0.2, 0.25) is 0 Å². The van der Waals surface area contributed by atoms with Crippen molar-refractivity contribution < 1.29 is 4.79 Å². The van der Waals surface area contributed by atoms with Crippen molar-refractivity contribution in [3.05, 3.63) is 64.7 Å². The molecule has 0 aliphatic rings. The first-order valence-electron chi connectivity index (χ1n) is 8.31. The van der Waals surface area contributed by atoms with Crippen LogP contribution in [0.25, 0.3) is 11.4 Å². The van der Waals surface area contributed by atoms with Gasteiger partial charge in [-0.2, -0.15) is 0 Å². The average Bonchev–Trinajstić information content (AvgIpc) is 3.09. The average molecular weight is 351 g/mol. The maximum Gasteiger partial charge on any atom is 0.209 e. The molecule has 3 aromatic rings. The Morgan fingerprint density at radius 2 is 1.88 bits per heavy atom. The van der Waals surface area contributed by atoms with Gasteiger partial charge in [-0.15, -0.1) is 5.10 Å². The van der Waals surface area contributed by atoms with Crippen molar-refractivity contribution in [2.45, 2.75) is 32.3 Å². The van der Waals surface area contributed by atoms with Gasteiger partial charge in [0.15, 0.2) is 11.6 Å². The maximum absolute atomic E-state index is 12.4. The Kier molecular flexibility index (Phi) is 5.34. The van der Waals surface area contributed by atoms with E-state index in [9.17, 15) is 4.79 Å². The predicted molar refractivity (Wildman–Crippen MR) is 102 cm³/mol. The number of benzene rings is 2. The summed E-state index contributed by atoms with van der Waals surface area (Å²) in [4.78, 5) is 16.9. The van der Waals surface area contributed by atoms with Gasteiger partial charge in [0.1, 0.15) is 0 Å². The minimum atomic E-state index is 0.0983. The van der Waals surface area contributed by atoms with Crippen molar-refractivity contribution in [3.63, 3.8) is 0 Å². The van der Waals surface area contributed by atoms with Crippen LogP contribution in [0.1, 0.15) is 34.0 Å². The summed E-state index contributed by atoms with van der Waals surface area (Å²) in [5.41, 5.74) is 5.23. The molecular formula is C20H21N3OS. The molecule has 0 bridgehead atoms. The lowest BCUT2D eigenvalue weighted by atomic mass is 10.0. The standard InChI is InChI=1S/C20H21N3OS/c1-4-15-6-8-16(9-7-15)19-21-20(23-22-19)25-12-18(24)17-10-5-13(2)11-14(17)3/h5-11H,4,12H2,1-3H3,(H,21,22,23). The highest BCUT2D eigenvalue weighted by molar-refractivity contribution is 7.99. The molecule has 0 aliphatic carbocycles. The van der Waals surface area contributed by atoms with Gasteiger partial charge in [0.25, 0.3) is 0 Å². The molecule has 0 saturated heterocycles. The quantitative estimate of drug-likeness (QED) is 0.520. The van der Waals surface area contributed by atoms with E-state index in [-0.39, 0.29) is 5.78 Å². The third-order valence-corrected chi connectivity index (χ3v) is 4.96. The number of ketones is 1. The van der Waals surface area contributed by atoms with Crippen LogP contribution in [-0.2, 0) is 6.42 Å². The number of nitrogens with zero attached hydrogens (tertiary/aromatic N) is 2. The fourth-order valence-electron chi connectivity index (χ4n) is 2.67. The molecule has 0 aliphatic heterocycles. The van der Waals surface area contributed by atoms with E-state index in [0.717, 1.165) is 34.5 Å². The zero-order valence-corrected chi connectivity index (χ0v) is 15.5. The summed E-state index contributed by atoms with van der Waals surface area (Å²) in [5, 5.41) is 7.75. The van der Waals surface area contributed by atoms with E-state index >= 15 is 0 Å². The van der Waals surface area contributed by atoms with Crippen LogP contribution in [0.4, 0.5) is 0 Å². The molecule has 128 valence electrons. The number of aryl methyl sites for hydroxylation is 3. The van der Waals surface area contributed by atoms with E-state index in [0.29, 0.717) is 10.9 Å². The number of hydrogen-bond donors (Lipinski definition) is 1. The van der Waals surface area contributed by atoms with Gasteiger partial charge in [-0.1, -0.05) is 66.7 Å². The van der Waals surface area contributed by atoms with Gasteiger partial charge in [-0.25, -0.2) is 4.98 Å². The lowest BCUT2D eigenvalue weighted by Crippen LogP contribution is -2.05. The molecule has 1 N–H and O–H groups in total. The molecule has 0 unspecified atom stereocenters. The van der Waals surface area contributed by atoms with Crippen molar-refractivity contribution in [2.75, 3.05) is 5.75 Å². The lowest BCUT2D eigenvalue weighted by molar-refractivity contribution is 0.102. The molecule has 0 spiro atoms. The summed E-state index contributed by atoms with van der Waals surface area (Å²) in [5.74, 6) is 1.15. The Labute approximate surface area is 152 Å². The van der Waals surface area contributed by atoms with Crippen molar-refractivity contribution in [3.8, 4) is 11.4 Å². The Hall–Kier alpha value is -2.40. The van der Waals surface area contributed by atoms with Gasteiger partial charge >= 0.3 is 0 Å². The second-order valence-electron chi connectivity index (χ2n) is 6.05. The van der Waals surface area contributed by atoms with Gasteiger partial charge in [0.05, 0.1) is 5.75 Å². The fourth-order valence-corrected chi connectivity index (χ4v) is 3.35. The second kappa shape index (κ2) is 7.66. The molecule has 1 aromatic heterocycles. The lowest BCUT2D eigenvalue weighted by Gasteiger charge is -2.04. The van der Waals surface area contributed by atoms with E-state index < -0.39 is 0 Å². The zero-order chi connectivity index (χ0) is 17.8. The van der Waals surface area contributed by atoms with E-state index in [1.807, 2.05) is 44.2 Å². The van der Waals surface area contributed by atoms with Crippen molar-refractivity contribution in [1.82, 2.24) is 15.2 Å². The van der Waals surface area contributed by atoms with Crippen LogP contribution in [0.3, 0.4) is 0 Å². The predicted octanol–water partition coefficient (Wildman–Crippen LogP) is 4.63. The van der Waals surface area contributed by atoms with E-state index in [4.69, 9.17) is 0 Å². The number of carbonyl (C=O) groups excluding carboxylic acids is 1. The SMILES string of the molecule is CCc1ccc(-c2nc(SCC(=O)c3ccc(C)cc3C)n[nH]2)cc1. The molecule has 0 radical (unpaired) electrons. The maximum atomic E-state index is 12.4. The summed E-state index contributed by atoms with van der Waals surface area (Å²) in [6.45, 7) is 6.12. The largest absolute Gasteiger partial charge is 0.293 e. The topological polar surface area (TPSA) is 58.6 Å². The van der Waals surface area contributed by atoms with Crippen LogP contribution < -0.4 is 0 Å². The van der Waals surface area contributed by atoms with Crippen LogP contribution in [-0.4, -0.2) is 26.7 Å².